The van der Waals surface area contributed by atoms with Crippen molar-refractivity contribution < 1.29 is 9.90 Å². The summed E-state index contributed by atoms with van der Waals surface area (Å²) >= 11 is 0. The predicted octanol–water partition coefficient (Wildman–Crippen LogP) is 1.73. The fraction of sp³-hybridized carbons (Fsp3) is 0.364. The standard InChI is InChI=1S/C11H13N3O2/c1-11(2,3)8-6-9-12-5-4-7(10(15)16)14(9)13-8/h4-6H,1-3H3,(H,15,16). The summed E-state index contributed by atoms with van der Waals surface area (Å²) in [5.41, 5.74) is 1.39. The first kappa shape index (κ1) is 10.6. The summed E-state index contributed by atoms with van der Waals surface area (Å²) in [6.45, 7) is 6.07. The third-order valence-corrected chi connectivity index (χ3v) is 2.35. The van der Waals surface area contributed by atoms with E-state index >= 15 is 0 Å². The molecule has 16 heavy (non-hydrogen) atoms. The first-order valence-corrected chi connectivity index (χ1v) is 4.98. The molecule has 0 aliphatic rings. The summed E-state index contributed by atoms with van der Waals surface area (Å²) in [4.78, 5) is 15.1. The molecule has 5 nitrogen and oxygen atoms in total. The second kappa shape index (κ2) is 3.30. The van der Waals surface area contributed by atoms with E-state index in [1.807, 2.05) is 26.8 Å². The molecule has 0 aliphatic carbocycles. The van der Waals surface area contributed by atoms with Crippen LogP contribution in [0.1, 0.15) is 37.0 Å². The lowest BCUT2D eigenvalue weighted by Crippen LogP contribution is -2.13. The maximum absolute atomic E-state index is 11.0. The minimum absolute atomic E-state index is 0.122. The molecule has 0 unspecified atom stereocenters. The number of hydrogen-bond acceptors (Lipinski definition) is 3. The maximum atomic E-state index is 11.0. The second-order valence-electron chi connectivity index (χ2n) is 4.68. The Balaban J connectivity index is 2.71. The van der Waals surface area contributed by atoms with E-state index in [-0.39, 0.29) is 11.1 Å². The minimum atomic E-state index is -1.00. The number of carboxylic acids is 1. The summed E-state index contributed by atoms with van der Waals surface area (Å²) in [5.74, 6) is -1.00. The molecule has 2 rings (SSSR count). The van der Waals surface area contributed by atoms with Gasteiger partial charge in [-0.15, -0.1) is 0 Å². The predicted molar refractivity (Wildman–Crippen MR) is 58.6 cm³/mol. The quantitative estimate of drug-likeness (QED) is 0.793. The van der Waals surface area contributed by atoms with Crippen LogP contribution in [0.25, 0.3) is 5.65 Å². The molecule has 0 atom stereocenters. The minimum Gasteiger partial charge on any atom is -0.477 e. The summed E-state index contributed by atoms with van der Waals surface area (Å²) in [6, 6.07) is 3.25. The number of aromatic nitrogens is 3. The van der Waals surface area contributed by atoms with Gasteiger partial charge in [0.25, 0.3) is 0 Å². The normalized spacial score (nSPS) is 11.9. The lowest BCUT2D eigenvalue weighted by molar-refractivity contribution is 0.0687. The molecule has 0 aliphatic heterocycles. The van der Waals surface area contributed by atoms with Gasteiger partial charge in [0.05, 0.1) is 5.69 Å². The van der Waals surface area contributed by atoms with E-state index in [2.05, 4.69) is 10.1 Å². The van der Waals surface area contributed by atoms with Gasteiger partial charge in [0, 0.05) is 17.7 Å². The van der Waals surface area contributed by atoms with Crippen LogP contribution in [0, 0.1) is 0 Å². The number of aromatic carboxylic acids is 1. The van der Waals surface area contributed by atoms with Gasteiger partial charge in [0.1, 0.15) is 0 Å². The highest BCUT2D eigenvalue weighted by atomic mass is 16.4. The Morgan fingerprint density at radius 2 is 2.12 bits per heavy atom. The summed E-state index contributed by atoms with van der Waals surface area (Å²) < 4.78 is 1.36. The molecule has 0 amide bonds. The molecule has 1 N–H and O–H groups in total. The van der Waals surface area contributed by atoms with E-state index in [1.54, 1.807) is 0 Å². The van der Waals surface area contributed by atoms with Crippen molar-refractivity contribution in [2.24, 2.45) is 0 Å². The molecule has 84 valence electrons. The van der Waals surface area contributed by atoms with Crippen LogP contribution in [0.2, 0.25) is 0 Å². The first-order chi connectivity index (χ1) is 7.39. The van der Waals surface area contributed by atoms with Gasteiger partial charge in [-0.2, -0.15) is 5.10 Å². The molecular weight excluding hydrogens is 206 g/mol. The van der Waals surface area contributed by atoms with E-state index in [0.717, 1.165) is 5.69 Å². The third kappa shape index (κ3) is 1.64. The van der Waals surface area contributed by atoms with Crippen LogP contribution in [-0.2, 0) is 5.41 Å². The second-order valence-corrected chi connectivity index (χ2v) is 4.68. The highest BCUT2D eigenvalue weighted by Crippen LogP contribution is 2.21. The third-order valence-electron chi connectivity index (χ3n) is 2.35. The molecule has 0 aromatic carbocycles. The smallest absolute Gasteiger partial charge is 0.354 e. The van der Waals surface area contributed by atoms with Gasteiger partial charge in [-0.05, 0) is 6.07 Å². The van der Waals surface area contributed by atoms with Crippen LogP contribution in [0.15, 0.2) is 18.3 Å². The summed E-state index contributed by atoms with van der Waals surface area (Å²) in [7, 11) is 0. The number of fused-ring (bicyclic) bond motifs is 1. The van der Waals surface area contributed by atoms with Crippen LogP contribution in [0.4, 0.5) is 0 Å². The fourth-order valence-electron chi connectivity index (χ4n) is 1.42. The largest absolute Gasteiger partial charge is 0.477 e. The average molecular weight is 219 g/mol. The highest BCUT2D eigenvalue weighted by Gasteiger charge is 2.20. The fourth-order valence-corrected chi connectivity index (χ4v) is 1.42. The van der Waals surface area contributed by atoms with Crippen LogP contribution < -0.4 is 0 Å². The Kier molecular flexibility index (Phi) is 2.18. The zero-order valence-corrected chi connectivity index (χ0v) is 9.43. The monoisotopic (exact) mass is 219 g/mol. The van der Waals surface area contributed by atoms with Crippen molar-refractivity contribution in [1.82, 2.24) is 14.6 Å². The van der Waals surface area contributed by atoms with Gasteiger partial charge in [0.15, 0.2) is 11.3 Å². The molecule has 2 aromatic heterocycles. The van der Waals surface area contributed by atoms with Crippen molar-refractivity contribution in [2.45, 2.75) is 26.2 Å². The molecule has 0 fully saturated rings. The van der Waals surface area contributed by atoms with Crippen LogP contribution in [-0.4, -0.2) is 25.7 Å². The molecule has 2 aromatic rings. The molecule has 5 heteroatoms. The number of rotatable bonds is 1. The van der Waals surface area contributed by atoms with E-state index in [9.17, 15) is 4.79 Å². The van der Waals surface area contributed by atoms with Crippen LogP contribution in [0.3, 0.4) is 0 Å². The maximum Gasteiger partial charge on any atom is 0.354 e. The van der Waals surface area contributed by atoms with E-state index in [1.165, 1.54) is 16.8 Å². The number of hydrogen-bond donors (Lipinski definition) is 1. The zero-order chi connectivity index (χ0) is 11.9. The first-order valence-electron chi connectivity index (χ1n) is 4.98. The SMILES string of the molecule is CC(C)(C)c1cc2nccc(C(=O)O)n2n1. The topological polar surface area (TPSA) is 67.5 Å². The van der Waals surface area contributed by atoms with Crippen molar-refractivity contribution in [1.29, 1.82) is 0 Å². The zero-order valence-electron chi connectivity index (χ0n) is 9.43. The van der Waals surface area contributed by atoms with Crippen molar-refractivity contribution in [3.63, 3.8) is 0 Å². The van der Waals surface area contributed by atoms with E-state index < -0.39 is 5.97 Å². The Bertz CT molecular complexity index is 552. The Labute approximate surface area is 92.7 Å². The van der Waals surface area contributed by atoms with Gasteiger partial charge in [-0.25, -0.2) is 14.3 Å². The van der Waals surface area contributed by atoms with Crippen molar-refractivity contribution in [2.75, 3.05) is 0 Å². The molecule has 0 spiro atoms. The molecule has 2 heterocycles. The van der Waals surface area contributed by atoms with Crippen LogP contribution >= 0.6 is 0 Å². The molecule has 0 radical (unpaired) electrons. The molecule has 0 saturated heterocycles. The molecular formula is C11H13N3O2. The van der Waals surface area contributed by atoms with Gasteiger partial charge in [-0.3, -0.25) is 0 Å². The summed E-state index contributed by atoms with van der Waals surface area (Å²) in [5, 5.41) is 13.3. The Morgan fingerprint density at radius 1 is 1.44 bits per heavy atom. The molecule has 0 saturated carbocycles. The number of carbonyl (C=O) groups is 1. The van der Waals surface area contributed by atoms with Crippen molar-refractivity contribution in [3.05, 3.63) is 29.7 Å². The van der Waals surface area contributed by atoms with Gasteiger partial charge < -0.3 is 5.11 Å². The van der Waals surface area contributed by atoms with Crippen molar-refractivity contribution in [3.8, 4) is 0 Å². The molecule has 0 bridgehead atoms. The highest BCUT2D eigenvalue weighted by molar-refractivity contribution is 5.86. The number of carboxylic acid groups (broad SMARTS) is 1. The number of nitrogens with zero attached hydrogens (tertiary/aromatic N) is 3. The van der Waals surface area contributed by atoms with Gasteiger partial charge in [0.2, 0.25) is 0 Å². The lowest BCUT2D eigenvalue weighted by Gasteiger charge is -2.13. The average Bonchev–Trinajstić information content (AvgIpc) is 2.59. The van der Waals surface area contributed by atoms with E-state index in [4.69, 9.17) is 5.11 Å². The van der Waals surface area contributed by atoms with Crippen LogP contribution in [0.5, 0.6) is 0 Å². The summed E-state index contributed by atoms with van der Waals surface area (Å²) in [6.07, 6.45) is 1.48. The van der Waals surface area contributed by atoms with Gasteiger partial charge >= 0.3 is 5.97 Å². The lowest BCUT2D eigenvalue weighted by atomic mass is 9.93. The Hall–Kier alpha value is -1.91. The van der Waals surface area contributed by atoms with Gasteiger partial charge in [-0.1, -0.05) is 20.8 Å². The van der Waals surface area contributed by atoms with E-state index in [0.29, 0.717) is 5.65 Å². The Morgan fingerprint density at radius 3 is 2.69 bits per heavy atom. The van der Waals surface area contributed by atoms with Crippen molar-refractivity contribution >= 4 is 11.6 Å².